The van der Waals surface area contributed by atoms with Crippen LogP contribution in [0.5, 0.6) is 0 Å². The topological polar surface area (TPSA) is 83.1 Å². The van der Waals surface area contributed by atoms with Gasteiger partial charge in [0.05, 0.1) is 11.3 Å². The van der Waals surface area contributed by atoms with Crippen LogP contribution in [0.25, 0.3) is 5.69 Å². The molecule has 0 radical (unpaired) electrons. The fourth-order valence-electron chi connectivity index (χ4n) is 1.63. The predicted molar refractivity (Wildman–Crippen MR) is 63.7 cm³/mol. The molecule has 0 bridgehead atoms. The van der Waals surface area contributed by atoms with Gasteiger partial charge in [-0.1, -0.05) is 6.07 Å². The van der Waals surface area contributed by atoms with Crippen LogP contribution in [0.4, 0.5) is 4.39 Å². The van der Waals surface area contributed by atoms with E-state index < -0.39 is 17.3 Å². The van der Waals surface area contributed by atoms with Crippen molar-refractivity contribution in [3.8, 4) is 11.8 Å². The van der Waals surface area contributed by atoms with E-state index in [1.54, 1.807) is 6.07 Å². The fraction of sp³-hybridized carbons (Fsp3) is 0. The van der Waals surface area contributed by atoms with E-state index in [9.17, 15) is 14.0 Å². The monoisotopic (exact) mass is 258 g/mol. The third-order valence-corrected chi connectivity index (χ3v) is 2.52. The van der Waals surface area contributed by atoms with Crippen LogP contribution in [0.1, 0.15) is 15.9 Å². The molecule has 2 aromatic rings. The zero-order valence-corrected chi connectivity index (χ0v) is 9.50. The largest absolute Gasteiger partial charge is 0.478 e. The summed E-state index contributed by atoms with van der Waals surface area (Å²) >= 11 is 0. The van der Waals surface area contributed by atoms with Crippen LogP contribution in [0.15, 0.2) is 41.3 Å². The number of aromatic carboxylic acids is 1. The van der Waals surface area contributed by atoms with Gasteiger partial charge >= 0.3 is 5.97 Å². The van der Waals surface area contributed by atoms with Crippen LogP contribution in [-0.2, 0) is 0 Å². The number of hydrogen-bond donors (Lipinski definition) is 1. The Bertz CT molecular complexity index is 759. The normalized spacial score (nSPS) is 9.89. The molecule has 0 atom stereocenters. The second-order valence-electron chi connectivity index (χ2n) is 3.68. The van der Waals surface area contributed by atoms with Gasteiger partial charge < -0.3 is 5.11 Å². The molecule has 0 saturated carbocycles. The molecule has 1 N–H and O–H groups in total. The first-order valence-corrected chi connectivity index (χ1v) is 5.19. The molecule has 0 spiro atoms. The molecule has 0 fully saturated rings. The molecular formula is C13H7FN2O3. The highest BCUT2D eigenvalue weighted by Gasteiger charge is 2.12. The highest BCUT2D eigenvalue weighted by atomic mass is 19.1. The number of halogens is 1. The van der Waals surface area contributed by atoms with Crippen molar-refractivity contribution in [2.24, 2.45) is 0 Å². The first kappa shape index (κ1) is 12.5. The third-order valence-electron chi connectivity index (χ3n) is 2.52. The average molecular weight is 258 g/mol. The van der Waals surface area contributed by atoms with E-state index in [-0.39, 0.29) is 16.8 Å². The smallest absolute Gasteiger partial charge is 0.337 e. The van der Waals surface area contributed by atoms with Gasteiger partial charge in [-0.25, -0.2) is 9.18 Å². The number of rotatable bonds is 2. The van der Waals surface area contributed by atoms with Crippen LogP contribution in [0.3, 0.4) is 0 Å². The van der Waals surface area contributed by atoms with Crippen LogP contribution in [-0.4, -0.2) is 15.6 Å². The molecule has 6 heteroatoms. The lowest BCUT2D eigenvalue weighted by Gasteiger charge is -2.08. The van der Waals surface area contributed by atoms with Gasteiger partial charge in [0.2, 0.25) is 0 Å². The minimum Gasteiger partial charge on any atom is -0.478 e. The molecule has 5 nitrogen and oxygen atoms in total. The van der Waals surface area contributed by atoms with E-state index in [1.165, 1.54) is 12.1 Å². The Morgan fingerprint density at radius 2 is 2.05 bits per heavy atom. The number of aromatic nitrogens is 1. The molecule has 19 heavy (non-hydrogen) atoms. The van der Waals surface area contributed by atoms with E-state index in [2.05, 4.69) is 0 Å². The number of carbonyl (C=O) groups is 1. The zero-order chi connectivity index (χ0) is 14.0. The Morgan fingerprint density at radius 1 is 1.32 bits per heavy atom. The number of benzene rings is 1. The summed E-state index contributed by atoms with van der Waals surface area (Å²) in [6.07, 6.45) is 1.06. The lowest BCUT2D eigenvalue weighted by molar-refractivity contribution is 0.0696. The molecule has 0 aliphatic rings. The van der Waals surface area contributed by atoms with Crippen molar-refractivity contribution in [2.75, 3.05) is 0 Å². The molecule has 2 rings (SSSR count). The van der Waals surface area contributed by atoms with Gasteiger partial charge in [-0.3, -0.25) is 9.36 Å². The fourth-order valence-corrected chi connectivity index (χ4v) is 1.63. The molecule has 1 heterocycles. The van der Waals surface area contributed by atoms with E-state index >= 15 is 0 Å². The van der Waals surface area contributed by atoms with Gasteiger partial charge in [-0.05, 0) is 18.2 Å². The van der Waals surface area contributed by atoms with E-state index in [1.807, 2.05) is 0 Å². The van der Waals surface area contributed by atoms with E-state index in [0.29, 0.717) is 0 Å². The third kappa shape index (κ3) is 2.21. The number of nitriles is 1. The zero-order valence-electron chi connectivity index (χ0n) is 9.50. The van der Waals surface area contributed by atoms with Crippen molar-refractivity contribution < 1.29 is 14.3 Å². The molecule has 0 aliphatic carbocycles. The molecule has 1 aromatic carbocycles. The molecule has 0 amide bonds. The minimum absolute atomic E-state index is 0.00981. The van der Waals surface area contributed by atoms with Crippen LogP contribution < -0.4 is 5.56 Å². The Labute approximate surface area is 106 Å². The number of hydrogen-bond acceptors (Lipinski definition) is 3. The summed E-state index contributed by atoms with van der Waals surface area (Å²) in [7, 11) is 0. The highest BCUT2D eigenvalue weighted by molar-refractivity contribution is 5.87. The maximum atomic E-state index is 13.5. The van der Waals surface area contributed by atoms with E-state index in [0.717, 1.165) is 29.0 Å². The number of nitrogens with zero attached hydrogens (tertiary/aromatic N) is 2. The lowest BCUT2D eigenvalue weighted by Crippen LogP contribution is -2.19. The first-order chi connectivity index (χ1) is 9.04. The molecule has 94 valence electrons. The highest BCUT2D eigenvalue weighted by Crippen LogP contribution is 2.16. The summed E-state index contributed by atoms with van der Waals surface area (Å²) in [6.45, 7) is 0. The van der Waals surface area contributed by atoms with Gasteiger partial charge in [0, 0.05) is 12.3 Å². The predicted octanol–water partition coefficient (Wildman–Crippen LogP) is 1.55. The quantitative estimate of drug-likeness (QED) is 0.885. The maximum Gasteiger partial charge on any atom is 0.337 e. The van der Waals surface area contributed by atoms with Crippen molar-refractivity contribution in [3.63, 3.8) is 0 Å². The van der Waals surface area contributed by atoms with Crippen LogP contribution >= 0.6 is 0 Å². The van der Waals surface area contributed by atoms with Crippen molar-refractivity contribution in [1.82, 2.24) is 4.57 Å². The summed E-state index contributed by atoms with van der Waals surface area (Å²) in [5.74, 6) is -1.99. The van der Waals surface area contributed by atoms with Crippen molar-refractivity contribution in [3.05, 3.63) is 63.8 Å². The van der Waals surface area contributed by atoms with Gasteiger partial charge in [0.1, 0.15) is 17.4 Å². The van der Waals surface area contributed by atoms with Crippen LogP contribution in [0, 0.1) is 17.1 Å². The Morgan fingerprint density at radius 3 is 2.68 bits per heavy atom. The minimum atomic E-state index is -1.22. The van der Waals surface area contributed by atoms with Gasteiger partial charge in [0.25, 0.3) is 5.56 Å². The summed E-state index contributed by atoms with van der Waals surface area (Å²) in [6, 6.07) is 7.65. The van der Waals surface area contributed by atoms with Gasteiger partial charge in [0.15, 0.2) is 0 Å². The lowest BCUT2D eigenvalue weighted by atomic mass is 10.1. The second kappa shape index (κ2) is 4.74. The molecule has 0 unspecified atom stereocenters. The van der Waals surface area contributed by atoms with Crippen molar-refractivity contribution in [1.29, 1.82) is 5.26 Å². The summed E-state index contributed by atoms with van der Waals surface area (Å²) in [5, 5.41) is 17.8. The van der Waals surface area contributed by atoms with E-state index in [4.69, 9.17) is 10.4 Å². The number of pyridine rings is 1. The van der Waals surface area contributed by atoms with Crippen LogP contribution in [0.2, 0.25) is 0 Å². The molecule has 0 saturated heterocycles. The number of carboxylic acids is 1. The van der Waals surface area contributed by atoms with Gasteiger partial charge in [-0.2, -0.15) is 5.26 Å². The SMILES string of the molecule is N#Cc1c(F)cccc1-n1cc(C(=O)O)ccc1=O. The van der Waals surface area contributed by atoms with Crippen molar-refractivity contribution in [2.45, 2.75) is 0 Å². The molecule has 1 aromatic heterocycles. The second-order valence-corrected chi connectivity index (χ2v) is 3.68. The Balaban J connectivity index is 2.76. The summed E-state index contributed by atoms with van der Waals surface area (Å²) in [4.78, 5) is 22.6. The van der Waals surface area contributed by atoms with Crippen molar-refractivity contribution >= 4 is 5.97 Å². The Hall–Kier alpha value is -2.94. The first-order valence-electron chi connectivity index (χ1n) is 5.19. The molecular weight excluding hydrogens is 251 g/mol. The average Bonchev–Trinajstić information content (AvgIpc) is 2.38. The summed E-state index contributed by atoms with van der Waals surface area (Å²) in [5.41, 5.74) is -0.984. The van der Waals surface area contributed by atoms with Gasteiger partial charge in [-0.15, -0.1) is 0 Å². The number of carboxylic acid groups (broad SMARTS) is 1. The molecule has 0 aliphatic heterocycles. The maximum absolute atomic E-state index is 13.5. The Kier molecular flexibility index (Phi) is 3.12. The standard InChI is InChI=1S/C13H7FN2O3/c14-10-2-1-3-11(9(10)6-15)16-7-8(13(18)19)4-5-12(16)17/h1-5,7H,(H,18,19). The summed E-state index contributed by atoms with van der Waals surface area (Å²) < 4.78 is 14.4.